The van der Waals surface area contributed by atoms with Gasteiger partial charge in [-0.25, -0.2) is 0 Å². The van der Waals surface area contributed by atoms with E-state index in [0.29, 0.717) is 19.4 Å². The van der Waals surface area contributed by atoms with Crippen LogP contribution in [0, 0.1) is 0 Å². The van der Waals surface area contributed by atoms with Crippen LogP contribution < -0.4 is 10.6 Å². The van der Waals surface area contributed by atoms with Gasteiger partial charge in [-0.1, -0.05) is 0 Å². The Kier molecular flexibility index (Phi) is 5.10. The fraction of sp³-hybridized carbons (Fsp3) is 0.846. The molecule has 2 rings (SSSR count). The van der Waals surface area contributed by atoms with Gasteiger partial charge in [0, 0.05) is 20.1 Å². The molecule has 2 saturated heterocycles. The zero-order chi connectivity index (χ0) is 13.7. The Bertz CT molecular complexity index is 337. The van der Waals surface area contributed by atoms with E-state index in [1.807, 2.05) is 11.8 Å². The van der Waals surface area contributed by atoms with Crippen molar-refractivity contribution in [1.82, 2.24) is 10.6 Å². The van der Waals surface area contributed by atoms with Crippen molar-refractivity contribution in [2.45, 2.75) is 44.2 Å². The number of hydrogen-bond donors (Lipinski definition) is 2. The van der Waals surface area contributed by atoms with Crippen LogP contribution >= 0.6 is 11.8 Å². The van der Waals surface area contributed by atoms with E-state index in [4.69, 9.17) is 4.74 Å². The van der Waals surface area contributed by atoms with Crippen LogP contribution in [0.25, 0.3) is 0 Å². The quantitative estimate of drug-likeness (QED) is 0.798. The van der Waals surface area contributed by atoms with Crippen LogP contribution in [0.15, 0.2) is 0 Å². The van der Waals surface area contributed by atoms with Crippen molar-refractivity contribution in [1.29, 1.82) is 0 Å². The van der Waals surface area contributed by atoms with Gasteiger partial charge in [-0.3, -0.25) is 9.59 Å². The monoisotopic (exact) mass is 286 g/mol. The molecule has 2 heterocycles. The van der Waals surface area contributed by atoms with Gasteiger partial charge in [0.25, 0.3) is 0 Å². The molecule has 2 aliphatic rings. The number of rotatable bonds is 4. The van der Waals surface area contributed by atoms with Gasteiger partial charge in [0.05, 0.1) is 6.10 Å². The third-order valence-corrected chi connectivity index (χ3v) is 4.70. The predicted octanol–water partition coefficient (Wildman–Crippen LogP) is 0.683. The van der Waals surface area contributed by atoms with Crippen molar-refractivity contribution in [3.8, 4) is 0 Å². The second kappa shape index (κ2) is 6.61. The Morgan fingerprint density at radius 2 is 2.11 bits per heavy atom. The van der Waals surface area contributed by atoms with Crippen LogP contribution in [0.2, 0.25) is 0 Å². The molecule has 0 aromatic rings. The van der Waals surface area contributed by atoms with Crippen molar-refractivity contribution < 1.29 is 14.3 Å². The van der Waals surface area contributed by atoms with Gasteiger partial charge in [0.15, 0.2) is 0 Å². The van der Waals surface area contributed by atoms with Crippen LogP contribution in [0.5, 0.6) is 0 Å². The topological polar surface area (TPSA) is 67.4 Å². The van der Waals surface area contributed by atoms with E-state index in [0.717, 1.165) is 31.0 Å². The number of thioether (sulfide) groups is 1. The molecule has 0 aromatic heterocycles. The first-order valence-corrected chi connectivity index (χ1v) is 8.04. The van der Waals surface area contributed by atoms with Crippen LogP contribution in [-0.4, -0.2) is 48.1 Å². The Morgan fingerprint density at radius 1 is 1.37 bits per heavy atom. The maximum Gasteiger partial charge on any atom is 0.245 e. The minimum atomic E-state index is -0.713. The normalized spacial score (nSPS) is 25.8. The zero-order valence-corrected chi connectivity index (χ0v) is 12.2. The van der Waals surface area contributed by atoms with E-state index in [1.165, 1.54) is 6.92 Å². The number of nitrogens with one attached hydrogen (secondary N) is 2. The molecular formula is C13H22N2O3S. The molecule has 0 spiro atoms. The van der Waals surface area contributed by atoms with Gasteiger partial charge < -0.3 is 15.4 Å². The minimum absolute atomic E-state index is 0.0569. The molecule has 0 bridgehead atoms. The lowest BCUT2D eigenvalue weighted by molar-refractivity contribution is -0.133. The van der Waals surface area contributed by atoms with E-state index in [9.17, 15) is 9.59 Å². The van der Waals surface area contributed by atoms with E-state index in [1.54, 1.807) is 0 Å². The summed E-state index contributed by atoms with van der Waals surface area (Å²) in [5.41, 5.74) is -0.713. The van der Waals surface area contributed by atoms with Crippen molar-refractivity contribution >= 4 is 23.6 Å². The minimum Gasteiger partial charge on any atom is -0.376 e. The summed E-state index contributed by atoms with van der Waals surface area (Å²) in [6.07, 6.45) is 3.61. The lowest BCUT2D eigenvalue weighted by Crippen LogP contribution is -2.60. The highest BCUT2D eigenvalue weighted by Crippen LogP contribution is 2.27. The average Bonchev–Trinajstić information content (AvgIpc) is 2.89. The number of carbonyl (C=O) groups is 2. The van der Waals surface area contributed by atoms with E-state index in [-0.39, 0.29) is 17.9 Å². The van der Waals surface area contributed by atoms with Gasteiger partial charge >= 0.3 is 0 Å². The molecular weight excluding hydrogens is 264 g/mol. The summed E-state index contributed by atoms with van der Waals surface area (Å²) in [5.74, 6) is 1.62. The lowest BCUT2D eigenvalue weighted by atomic mass is 9.90. The predicted molar refractivity (Wildman–Crippen MR) is 75.1 cm³/mol. The number of ether oxygens (including phenoxy) is 1. The van der Waals surface area contributed by atoms with Crippen molar-refractivity contribution in [3.05, 3.63) is 0 Å². The first-order valence-electron chi connectivity index (χ1n) is 6.89. The fourth-order valence-electron chi connectivity index (χ4n) is 2.65. The summed E-state index contributed by atoms with van der Waals surface area (Å²) < 4.78 is 5.50. The largest absolute Gasteiger partial charge is 0.376 e. The average molecular weight is 286 g/mol. The molecule has 2 amide bonds. The molecule has 2 aliphatic heterocycles. The summed E-state index contributed by atoms with van der Waals surface area (Å²) in [6, 6.07) is 0. The van der Waals surface area contributed by atoms with E-state index >= 15 is 0 Å². The third kappa shape index (κ3) is 3.86. The lowest BCUT2D eigenvalue weighted by Gasteiger charge is -2.36. The number of carbonyl (C=O) groups excluding carboxylic acids is 2. The molecule has 0 saturated carbocycles. The maximum atomic E-state index is 12.4. The fourth-order valence-corrected chi connectivity index (χ4v) is 3.84. The highest BCUT2D eigenvalue weighted by Gasteiger charge is 2.40. The second-order valence-corrected chi connectivity index (χ2v) is 6.45. The van der Waals surface area contributed by atoms with Gasteiger partial charge in [-0.2, -0.15) is 11.8 Å². The van der Waals surface area contributed by atoms with Crippen molar-refractivity contribution in [2.24, 2.45) is 0 Å². The molecule has 1 atom stereocenters. The summed E-state index contributed by atoms with van der Waals surface area (Å²) in [6.45, 7) is 2.80. The highest BCUT2D eigenvalue weighted by molar-refractivity contribution is 7.99. The molecule has 2 fully saturated rings. The summed E-state index contributed by atoms with van der Waals surface area (Å²) in [7, 11) is 0. The van der Waals surface area contributed by atoms with E-state index < -0.39 is 5.54 Å². The molecule has 0 radical (unpaired) electrons. The summed E-state index contributed by atoms with van der Waals surface area (Å²) >= 11 is 1.83. The summed E-state index contributed by atoms with van der Waals surface area (Å²) in [5, 5.41) is 5.82. The smallest absolute Gasteiger partial charge is 0.245 e. The molecule has 108 valence electrons. The Hall–Kier alpha value is -0.750. The van der Waals surface area contributed by atoms with Crippen LogP contribution in [0.4, 0.5) is 0 Å². The van der Waals surface area contributed by atoms with Gasteiger partial charge in [0.1, 0.15) is 5.54 Å². The molecule has 5 nitrogen and oxygen atoms in total. The second-order valence-electron chi connectivity index (χ2n) is 5.22. The zero-order valence-electron chi connectivity index (χ0n) is 11.4. The molecule has 0 aliphatic carbocycles. The molecule has 2 N–H and O–H groups in total. The molecule has 0 aromatic carbocycles. The Labute approximate surface area is 118 Å². The van der Waals surface area contributed by atoms with Crippen LogP contribution in [0.3, 0.4) is 0 Å². The van der Waals surface area contributed by atoms with Crippen LogP contribution in [-0.2, 0) is 14.3 Å². The third-order valence-electron chi connectivity index (χ3n) is 3.71. The number of amides is 2. The maximum absolute atomic E-state index is 12.4. The van der Waals surface area contributed by atoms with Gasteiger partial charge in [0.2, 0.25) is 11.8 Å². The first-order chi connectivity index (χ1) is 9.12. The molecule has 6 heteroatoms. The standard InChI is InChI=1S/C13H22N2O3S/c1-10(16)15-13(4-7-19-8-5-13)12(17)14-9-11-3-2-6-18-11/h11H,2-9H2,1H3,(H,14,17)(H,15,16). The summed E-state index contributed by atoms with van der Waals surface area (Å²) in [4.78, 5) is 23.8. The van der Waals surface area contributed by atoms with Gasteiger partial charge in [-0.15, -0.1) is 0 Å². The number of hydrogen-bond acceptors (Lipinski definition) is 4. The SMILES string of the molecule is CC(=O)NC1(C(=O)NCC2CCCO2)CCSCC1. The van der Waals surface area contributed by atoms with Crippen molar-refractivity contribution in [2.75, 3.05) is 24.7 Å². The van der Waals surface area contributed by atoms with Crippen molar-refractivity contribution in [3.63, 3.8) is 0 Å². The van der Waals surface area contributed by atoms with Crippen LogP contribution in [0.1, 0.15) is 32.6 Å². The Balaban J connectivity index is 1.92. The van der Waals surface area contributed by atoms with E-state index in [2.05, 4.69) is 10.6 Å². The van der Waals surface area contributed by atoms with Gasteiger partial charge in [-0.05, 0) is 37.2 Å². The first kappa shape index (κ1) is 14.7. The highest BCUT2D eigenvalue weighted by atomic mass is 32.2. The molecule has 1 unspecified atom stereocenters. The molecule has 19 heavy (non-hydrogen) atoms. The Morgan fingerprint density at radius 3 is 2.68 bits per heavy atom.